The van der Waals surface area contributed by atoms with Gasteiger partial charge in [-0.15, -0.1) is 0 Å². The van der Waals surface area contributed by atoms with Gasteiger partial charge in [-0.1, -0.05) is 12.2 Å². The maximum Gasteiger partial charge on any atom is 0.272 e. The fraction of sp³-hybridized carbons (Fsp3) is 0.375. The van der Waals surface area contributed by atoms with Crippen molar-refractivity contribution in [3.8, 4) is 0 Å². The molecule has 6 heteroatoms. The third-order valence-corrected chi connectivity index (χ3v) is 2.07. The Labute approximate surface area is 87.3 Å². The molecule has 1 aromatic heterocycles. The van der Waals surface area contributed by atoms with Crippen LogP contribution in [-0.2, 0) is 7.05 Å². The van der Waals surface area contributed by atoms with Crippen molar-refractivity contribution in [1.82, 2.24) is 15.1 Å². The van der Waals surface area contributed by atoms with E-state index in [-0.39, 0.29) is 16.9 Å². The summed E-state index contributed by atoms with van der Waals surface area (Å²) in [5.74, 6) is -0.272. The van der Waals surface area contributed by atoms with Gasteiger partial charge in [0.2, 0.25) is 0 Å². The molecule has 1 amide bonds. The number of rotatable bonds is 3. The summed E-state index contributed by atoms with van der Waals surface area (Å²) in [7, 11) is 1.74. The van der Waals surface area contributed by atoms with Crippen molar-refractivity contribution in [3.63, 3.8) is 0 Å². The molecular weight excluding hydrogens is 200 g/mol. The molecule has 14 heavy (non-hydrogen) atoms. The zero-order valence-electron chi connectivity index (χ0n) is 8.02. The van der Waals surface area contributed by atoms with E-state index in [0.717, 1.165) is 0 Å². The molecule has 0 fully saturated rings. The highest BCUT2D eigenvalue weighted by Gasteiger charge is 2.13. The Hall–Kier alpha value is -1.43. The van der Waals surface area contributed by atoms with Crippen LogP contribution in [0.2, 0.25) is 0 Å². The molecule has 0 aliphatic carbocycles. The van der Waals surface area contributed by atoms with Gasteiger partial charge in [-0.25, -0.2) is 0 Å². The SMILES string of the molecule is CC(NC(=O)c1ccn(C)n1)C(N)=S. The van der Waals surface area contributed by atoms with Crippen molar-refractivity contribution in [2.75, 3.05) is 0 Å². The summed E-state index contributed by atoms with van der Waals surface area (Å²) in [6.45, 7) is 1.73. The largest absolute Gasteiger partial charge is 0.392 e. The average molecular weight is 212 g/mol. The Balaban J connectivity index is 2.63. The van der Waals surface area contributed by atoms with Crippen LogP contribution in [0.15, 0.2) is 12.3 Å². The molecule has 1 aromatic rings. The number of nitrogens with zero attached hydrogens (tertiary/aromatic N) is 2. The first-order valence-electron chi connectivity index (χ1n) is 4.10. The van der Waals surface area contributed by atoms with E-state index in [4.69, 9.17) is 18.0 Å². The van der Waals surface area contributed by atoms with Crippen molar-refractivity contribution in [2.45, 2.75) is 13.0 Å². The Bertz CT molecular complexity index is 360. The monoisotopic (exact) mass is 212 g/mol. The Morgan fingerprint density at radius 3 is 2.86 bits per heavy atom. The molecule has 1 atom stereocenters. The highest BCUT2D eigenvalue weighted by molar-refractivity contribution is 7.80. The molecule has 0 aromatic carbocycles. The van der Waals surface area contributed by atoms with Crippen molar-refractivity contribution < 1.29 is 4.79 Å². The molecule has 0 aliphatic heterocycles. The van der Waals surface area contributed by atoms with E-state index >= 15 is 0 Å². The summed E-state index contributed by atoms with van der Waals surface area (Å²) >= 11 is 4.73. The summed E-state index contributed by atoms with van der Waals surface area (Å²) in [4.78, 5) is 11.7. The second kappa shape index (κ2) is 4.19. The first kappa shape index (κ1) is 10.6. The Morgan fingerprint density at radius 2 is 2.43 bits per heavy atom. The van der Waals surface area contributed by atoms with Crippen LogP contribution in [0.4, 0.5) is 0 Å². The van der Waals surface area contributed by atoms with Crippen LogP contribution >= 0.6 is 12.2 Å². The molecule has 0 bridgehead atoms. The van der Waals surface area contributed by atoms with Crippen LogP contribution in [0, 0.1) is 0 Å². The number of nitrogens with two attached hydrogens (primary N) is 1. The standard InChI is InChI=1S/C8H12N4OS/c1-5(7(9)14)10-8(13)6-3-4-12(2)11-6/h3-5H,1-2H3,(H2,9,14)(H,10,13). The van der Waals surface area contributed by atoms with E-state index in [2.05, 4.69) is 10.4 Å². The van der Waals surface area contributed by atoms with E-state index in [1.165, 1.54) is 0 Å². The van der Waals surface area contributed by atoms with Gasteiger partial charge in [0.05, 0.1) is 11.0 Å². The zero-order valence-corrected chi connectivity index (χ0v) is 8.84. The predicted octanol–water partition coefficient (Wildman–Crippen LogP) is -0.175. The number of aryl methyl sites for hydroxylation is 1. The number of thiocarbonyl (C=S) groups is 1. The van der Waals surface area contributed by atoms with Crippen molar-refractivity contribution in [3.05, 3.63) is 18.0 Å². The normalized spacial score (nSPS) is 12.1. The van der Waals surface area contributed by atoms with Crippen molar-refractivity contribution in [1.29, 1.82) is 0 Å². The smallest absolute Gasteiger partial charge is 0.272 e. The number of amides is 1. The third-order valence-electron chi connectivity index (χ3n) is 1.72. The lowest BCUT2D eigenvalue weighted by molar-refractivity contribution is 0.0943. The van der Waals surface area contributed by atoms with Gasteiger partial charge in [0.1, 0.15) is 5.69 Å². The lowest BCUT2D eigenvalue weighted by Crippen LogP contribution is -2.41. The van der Waals surface area contributed by atoms with E-state index in [9.17, 15) is 4.79 Å². The maximum atomic E-state index is 11.5. The van der Waals surface area contributed by atoms with E-state index in [1.54, 1.807) is 30.9 Å². The molecule has 0 saturated heterocycles. The summed E-state index contributed by atoms with van der Waals surface area (Å²) < 4.78 is 1.56. The summed E-state index contributed by atoms with van der Waals surface area (Å²) in [5.41, 5.74) is 5.72. The molecule has 76 valence electrons. The lowest BCUT2D eigenvalue weighted by Gasteiger charge is -2.10. The van der Waals surface area contributed by atoms with Crippen LogP contribution in [0.5, 0.6) is 0 Å². The molecule has 0 saturated carbocycles. The van der Waals surface area contributed by atoms with Crippen LogP contribution in [0.25, 0.3) is 0 Å². The van der Waals surface area contributed by atoms with Crippen LogP contribution in [0.3, 0.4) is 0 Å². The number of aromatic nitrogens is 2. The van der Waals surface area contributed by atoms with Gasteiger partial charge < -0.3 is 11.1 Å². The quantitative estimate of drug-likeness (QED) is 0.682. The van der Waals surface area contributed by atoms with E-state index in [0.29, 0.717) is 5.69 Å². The molecular formula is C8H12N4OS. The van der Waals surface area contributed by atoms with E-state index < -0.39 is 0 Å². The highest BCUT2D eigenvalue weighted by Crippen LogP contribution is 1.95. The first-order valence-corrected chi connectivity index (χ1v) is 4.51. The van der Waals surface area contributed by atoms with Gasteiger partial charge >= 0.3 is 0 Å². The molecule has 1 rings (SSSR count). The predicted molar refractivity (Wildman–Crippen MR) is 56.9 cm³/mol. The number of carbonyl (C=O) groups excluding carboxylic acids is 1. The van der Waals surface area contributed by atoms with E-state index in [1.807, 2.05) is 0 Å². The summed E-state index contributed by atoms with van der Waals surface area (Å²) in [6, 6.07) is 1.31. The molecule has 0 aliphatic rings. The topological polar surface area (TPSA) is 72.9 Å². The maximum absolute atomic E-state index is 11.5. The van der Waals surface area contributed by atoms with Crippen LogP contribution < -0.4 is 11.1 Å². The fourth-order valence-corrected chi connectivity index (χ4v) is 0.937. The minimum absolute atomic E-state index is 0.259. The number of hydrogen-bond donors (Lipinski definition) is 2. The van der Waals surface area contributed by atoms with Crippen molar-refractivity contribution in [2.24, 2.45) is 12.8 Å². The van der Waals surface area contributed by atoms with Gasteiger partial charge in [-0.3, -0.25) is 9.48 Å². The minimum atomic E-state index is -0.320. The van der Waals surface area contributed by atoms with Crippen LogP contribution in [0.1, 0.15) is 17.4 Å². The summed E-state index contributed by atoms with van der Waals surface area (Å²) in [6.07, 6.45) is 1.69. The fourth-order valence-electron chi connectivity index (χ4n) is 0.878. The minimum Gasteiger partial charge on any atom is -0.392 e. The second-order valence-corrected chi connectivity index (χ2v) is 3.44. The van der Waals surface area contributed by atoms with Crippen molar-refractivity contribution >= 4 is 23.1 Å². The lowest BCUT2D eigenvalue weighted by atomic mass is 10.3. The molecule has 3 N–H and O–H groups in total. The van der Waals surface area contributed by atoms with Gasteiger partial charge in [0.25, 0.3) is 5.91 Å². The number of hydrogen-bond acceptors (Lipinski definition) is 3. The van der Waals surface area contributed by atoms with Gasteiger partial charge in [-0.2, -0.15) is 5.10 Å². The Kier molecular flexibility index (Phi) is 3.19. The third kappa shape index (κ3) is 2.53. The first-order chi connectivity index (χ1) is 6.50. The summed E-state index contributed by atoms with van der Waals surface area (Å²) in [5, 5.41) is 6.57. The molecule has 0 radical (unpaired) electrons. The highest BCUT2D eigenvalue weighted by atomic mass is 32.1. The van der Waals surface area contributed by atoms with Gasteiger partial charge in [0.15, 0.2) is 0 Å². The molecule has 1 unspecified atom stereocenters. The number of nitrogens with one attached hydrogen (secondary N) is 1. The zero-order chi connectivity index (χ0) is 10.7. The van der Waals surface area contributed by atoms with Gasteiger partial charge in [0, 0.05) is 13.2 Å². The Morgan fingerprint density at radius 1 is 1.79 bits per heavy atom. The second-order valence-electron chi connectivity index (χ2n) is 2.97. The number of carbonyl (C=O) groups is 1. The molecule has 5 nitrogen and oxygen atoms in total. The van der Waals surface area contributed by atoms with Gasteiger partial charge in [-0.05, 0) is 13.0 Å². The molecule has 0 spiro atoms. The molecule has 1 heterocycles. The average Bonchev–Trinajstić information content (AvgIpc) is 2.51. The van der Waals surface area contributed by atoms with Crippen LogP contribution in [-0.4, -0.2) is 26.7 Å².